The molecule has 0 saturated heterocycles. The smallest absolute Gasteiger partial charge is 0.345 e. The van der Waals surface area contributed by atoms with Gasteiger partial charge in [0.15, 0.2) is 5.82 Å². The lowest BCUT2D eigenvalue weighted by Gasteiger charge is -2.14. The van der Waals surface area contributed by atoms with Crippen LogP contribution in [0.15, 0.2) is 30.0 Å². The maximum Gasteiger partial charge on any atom is 0.345 e. The van der Waals surface area contributed by atoms with Crippen molar-refractivity contribution in [2.24, 2.45) is 0 Å². The predicted octanol–water partition coefficient (Wildman–Crippen LogP) is 2.89. The summed E-state index contributed by atoms with van der Waals surface area (Å²) in [5.41, 5.74) is 0.829. The highest BCUT2D eigenvalue weighted by Gasteiger charge is 2.12. The second-order valence-electron chi connectivity index (χ2n) is 4.62. The first kappa shape index (κ1) is 14.8. The van der Waals surface area contributed by atoms with E-state index in [0.717, 1.165) is 10.4 Å². The van der Waals surface area contributed by atoms with E-state index in [-0.39, 0.29) is 12.6 Å². The van der Waals surface area contributed by atoms with Crippen LogP contribution in [0.3, 0.4) is 0 Å². The highest BCUT2D eigenvalue weighted by Crippen LogP contribution is 2.25. The predicted molar refractivity (Wildman–Crippen MR) is 79.1 cm³/mol. The van der Waals surface area contributed by atoms with Crippen molar-refractivity contribution in [3.05, 3.63) is 30.0 Å². The van der Waals surface area contributed by atoms with Crippen LogP contribution in [0.4, 0.5) is 14.6 Å². The topological polar surface area (TPSA) is 64.3 Å². The highest BCUT2D eigenvalue weighted by atomic mass is 32.1. The first-order chi connectivity index (χ1) is 10.6. The summed E-state index contributed by atoms with van der Waals surface area (Å²) < 4.78 is 30.1. The standard InChI is InChI=1S/C13H13F2N5OS/c1-8(7-21-13(14)15)18-10-2-3-16-11(19-10)9-6-17-20-4-5-22-12(9)20/h2-6,8,13H,7H2,1H3,(H,16,18,19)/t8-/m0/s1. The molecule has 0 bridgehead atoms. The Hall–Kier alpha value is -2.13. The zero-order valence-electron chi connectivity index (χ0n) is 11.6. The summed E-state index contributed by atoms with van der Waals surface area (Å²) >= 11 is 1.54. The molecular formula is C13H13F2N5OS. The summed E-state index contributed by atoms with van der Waals surface area (Å²) in [5, 5.41) is 9.15. The number of hydrogen-bond donors (Lipinski definition) is 1. The average molecular weight is 325 g/mol. The molecule has 1 atom stereocenters. The molecule has 22 heavy (non-hydrogen) atoms. The minimum atomic E-state index is -2.77. The van der Waals surface area contributed by atoms with E-state index in [4.69, 9.17) is 0 Å². The fraction of sp³-hybridized carbons (Fsp3) is 0.308. The van der Waals surface area contributed by atoms with E-state index < -0.39 is 6.61 Å². The first-order valence-corrected chi connectivity index (χ1v) is 7.42. The third kappa shape index (κ3) is 3.20. The fourth-order valence-corrected chi connectivity index (χ4v) is 2.75. The Kier molecular flexibility index (Phi) is 4.25. The van der Waals surface area contributed by atoms with Gasteiger partial charge in [0.2, 0.25) is 0 Å². The maximum absolute atomic E-state index is 12.0. The van der Waals surface area contributed by atoms with Crippen molar-refractivity contribution >= 4 is 22.0 Å². The second kappa shape index (κ2) is 6.32. The van der Waals surface area contributed by atoms with Gasteiger partial charge in [-0.05, 0) is 13.0 Å². The van der Waals surface area contributed by atoms with E-state index in [0.29, 0.717) is 11.6 Å². The number of rotatable bonds is 6. The molecule has 3 aromatic heterocycles. The van der Waals surface area contributed by atoms with E-state index in [1.165, 1.54) is 0 Å². The van der Waals surface area contributed by atoms with Gasteiger partial charge < -0.3 is 10.1 Å². The molecule has 0 spiro atoms. The number of anilines is 1. The molecule has 1 N–H and O–H groups in total. The Morgan fingerprint density at radius 3 is 3.14 bits per heavy atom. The SMILES string of the molecule is C[C@@H](COC(F)F)Nc1ccnc(-c2cnn3ccsc23)n1. The number of alkyl halides is 2. The van der Waals surface area contributed by atoms with E-state index in [1.54, 1.807) is 41.2 Å². The highest BCUT2D eigenvalue weighted by molar-refractivity contribution is 7.16. The van der Waals surface area contributed by atoms with Crippen LogP contribution in [0.25, 0.3) is 16.2 Å². The summed E-state index contributed by atoms with van der Waals surface area (Å²) in [5.74, 6) is 1.08. The van der Waals surface area contributed by atoms with Gasteiger partial charge in [-0.1, -0.05) is 0 Å². The van der Waals surface area contributed by atoms with E-state index in [9.17, 15) is 8.78 Å². The van der Waals surface area contributed by atoms with Gasteiger partial charge in [0.05, 0.1) is 18.4 Å². The molecule has 0 aliphatic rings. The number of thiazole rings is 1. The van der Waals surface area contributed by atoms with Crippen molar-refractivity contribution in [2.75, 3.05) is 11.9 Å². The molecule has 0 fully saturated rings. The summed E-state index contributed by atoms with van der Waals surface area (Å²) in [6.45, 7) is -1.15. The lowest BCUT2D eigenvalue weighted by atomic mass is 10.3. The van der Waals surface area contributed by atoms with E-state index in [1.807, 2.05) is 11.6 Å². The fourth-order valence-electron chi connectivity index (χ4n) is 1.96. The van der Waals surface area contributed by atoms with Crippen LogP contribution in [0, 0.1) is 0 Å². The molecule has 3 aromatic rings. The van der Waals surface area contributed by atoms with Crippen molar-refractivity contribution in [3.63, 3.8) is 0 Å². The third-order valence-corrected chi connectivity index (χ3v) is 3.78. The number of halogens is 2. The van der Waals surface area contributed by atoms with Crippen LogP contribution in [0.2, 0.25) is 0 Å². The zero-order valence-corrected chi connectivity index (χ0v) is 12.4. The van der Waals surface area contributed by atoms with Gasteiger partial charge in [0.25, 0.3) is 0 Å². The van der Waals surface area contributed by atoms with Gasteiger partial charge in [-0.25, -0.2) is 14.5 Å². The first-order valence-electron chi connectivity index (χ1n) is 6.54. The van der Waals surface area contributed by atoms with Crippen molar-refractivity contribution in [2.45, 2.75) is 19.6 Å². The minimum Gasteiger partial charge on any atom is -0.365 e. The second-order valence-corrected chi connectivity index (χ2v) is 5.51. The van der Waals surface area contributed by atoms with Gasteiger partial charge in [0, 0.05) is 23.8 Å². The lowest BCUT2D eigenvalue weighted by molar-refractivity contribution is -0.130. The lowest BCUT2D eigenvalue weighted by Crippen LogP contribution is -2.23. The number of nitrogens with zero attached hydrogens (tertiary/aromatic N) is 4. The monoisotopic (exact) mass is 325 g/mol. The van der Waals surface area contributed by atoms with Gasteiger partial charge >= 0.3 is 6.61 Å². The van der Waals surface area contributed by atoms with Gasteiger partial charge in [0.1, 0.15) is 10.6 Å². The molecule has 3 rings (SSSR count). The summed E-state index contributed by atoms with van der Waals surface area (Å²) in [6, 6.07) is 1.38. The Balaban J connectivity index is 1.77. The summed E-state index contributed by atoms with van der Waals surface area (Å²) in [7, 11) is 0. The van der Waals surface area contributed by atoms with E-state index >= 15 is 0 Å². The minimum absolute atomic E-state index is 0.111. The number of nitrogens with one attached hydrogen (secondary N) is 1. The largest absolute Gasteiger partial charge is 0.365 e. The van der Waals surface area contributed by atoms with Gasteiger partial charge in [-0.15, -0.1) is 11.3 Å². The molecule has 0 aliphatic carbocycles. The number of aromatic nitrogens is 4. The van der Waals surface area contributed by atoms with Crippen LogP contribution in [0.1, 0.15) is 6.92 Å². The van der Waals surface area contributed by atoms with E-state index in [2.05, 4.69) is 25.1 Å². The van der Waals surface area contributed by atoms with Crippen LogP contribution in [0.5, 0.6) is 0 Å². The molecular weight excluding hydrogens is 312 g/mol. The molecule has 3 heterocycles. The average Bonchev–Trinajstić information content (AvgIpc) is 3.08. The van der Waals surface area contributed by atoms with Crippen LogP contribution >= 0.6 is 11.3 Å². The number of hydrogen-bond acceptors (Lipinski definition) is 6. The molecule has 0 aromatic carbocycles. The zero-order chi connectivity index (χ0) is 15.5. The Morgan fingerprint density at radius 1 is 1.45 bits per heavy atom. The Labute approximate surface area is 128 Å². The van der Waals surface area contributed by atoms with Crippen molar-refractivity contribution in [1.29, 1.82) is 0 Å². The third-order valence-electron chi connectivity index (χ3n) is 2.89. The Morgan fingerprint density at radius 2 is 2.32 bits per heavy atom. The molecule has 0 amide bonds. The van der Waals surface area contributed by atoms with Crippen LogP contribution in [-0.4, -0.2) is 38.8 Å². The van der Waals surface area contributed by atoms with Gasteiger partial charge in [-0.2, -0.15) is 13.9 Å². The molecule has 0 unspecified atom stereocenters. The Bertz CT molecular complexity index is 760. The molecule has 116 valence electrons. The molecule has 6 nitrogen and oxygen atoms in total. The molecule has 0 radical (unpaired) electrons. The quantitative estimate of drug-likeness (QED) is 0.755. The van der Waals surface area contributed by atoms with Gasteiger partial charge in [-0.3, -0.25) is 0 Å². The number of fused-ring (bicyclic) bond motifs is 1. The molecule has 0 aliphatic heterocycles. The normalized spacial score (nSPS) is 12.9. The van der Waals surface area contributed by atoms with Crippen molar-refractivity contribution in [1.82, 2.24) is 19.6 Å². The van der Waals surface area contributed by atoms with Crippen molar-refractivity contribution in [3.8, 4) is 11.4 Å². The summed E-state index contributed by atoms with van der Waals surface area (Å²) in [4.78, 5) is 9.59. The van der Waals surface area contributed by atoms with Crippen molar-refractivity contribution < 1.29 is 13.5 Å². The molecule has 9 heteroatoms. The number of ether oxygens (including phenoxy) is 1. The molecule has 0 saturated carbocycles. The van der Waals surface area contributed by atoms with Crippen LogP contribution in [-0.2, 0) is 4.74 Å². The maximum atomic E-state index is 12.0. The van der Waals surface area contributed by atoms with Crippen LogP contribution < -0.4 is 5.32 Å². The summed E-state index contributed by atoms with van der Waals surface area (Å²) in [6.07, 6.45) is 5.17.